The van der Waals surface area contributed by atoms with Crippen LogP contribution in [0.2, 0.25) is 5.02 Å². The summed E-state index contributed by atoms with van der Waals surface area (Å²) in [5.41, 5.74) is 2.36. The molecule has 0 unspecified atom stereocenters. The van der Waals surface area contributed by atoms with Crippen molar-refractivity contribution >= 4 is 30.0 Å². The maximum absolute atomic E-state index is 13.1. The van der Waals surface area contributed by atoms with Crippen molar-refractivity contribution in [3.63, 3.8) is 0 Å². The summed E-state index contributed by atoms with van der Waals surface area (Å²) in [6.45, 7) is 0.217. The molecule has 0 amide bonds. The molecule has 4 rings (SSSR count). The molecule has 0 spiro atoms. The van der Waals surface area contributed by atoms with Crippen LogP contribution in [0.25, 0.3) is 11.4 Å². The monoisotopic (exact) mass is 468 g/mol. The van der Waals surface area contributed by atoms with E-state index in [4.69, 9.17) is 33.3 Å². The van der Waals surface area contributed by atoms with Crippen LogP contribution < -0.4 is 9.47 Å². The highest BCUT2D eigenvalue weighted by molar-refractivity contribution is 7.71. The van der Waals surface area contributed by atoms with Gasteiger partial charge in [0, 0.05) is 5.56 Å². The minimum Gasteiger partial charge on any atom is -0.493 e. The highest BCUT2D eigenvalue weighted by Gasteiger charge is 2.13. The second kappa shape index (κ2) is 9.76. The maximum Gasteiger partial charge on any atom is 0.216 e. The third kappa shape index (κ3) is 4.87. The number of H-pyrrole nitrogens is 1. The van der Waals surface area contributed by atoms with Crippen LogP contribution in [0.1, 0.15) is 11.1 Å². The molecule has 0 aliphatic heterocycles. The minimum atomic E-state index is -0.304. The number of hydrogen-bond donors (Lipinski definition) is 1. The number of nitrogens with one attached hydrogen (secondary N) is 1. The highest BCUT2D eigenvalue weighted by Crippen LogP contribution is 2.36. The Morgan fingerprint density at radius 3 is 2.62 bits per heavy atom. The van der Waals surface area contributed by atoms with Crippen LogP contribution in [0.4, 0.5) is 4.39 Å². The molecule has 0 aliphatic rings. The van der Waals surface area contributed by atoms with Crippen molar-refractivity contribution in [3.8, 4) is 22.9 Å². The Bertz CT molecular complexity index is 1300. The first-order valence-electron chi connectivity index (χ1n) is 9.57. The first-order chi connectivity index (χ1) is 15.5. The molecule has 1 N–H and O–H groups in total. The van der Waals surface area contributed by atoms with Crippen LogP contribution in [-0.4, -0.2) is 28.2 Å². The number of nitrogens with zero attached hydrogens (tertiary/aromatic N) is 3. The maximum atomic E-state index is 13.1. The van der Waals surface area contributed by atoms with E-state index in [1.54, 1.807) is 30.5 Å². The molecule has 0 saturated heterocycles. The summed E-state index contributed by atoms with van der Waals surface area (Å²) in [5.74, 6) is 1.12. The number of ether oxygens (including phenoxy) is 2. The topological polar surface area (TPSA) is 64.4 Å². The van der Waals surface area contributed by atoms with Gasteiger partial charge in [-0.3, -0.25) is 0 Å². The Morgan fingerprint density at radius 1 is 1.16 bits per heavy atom. The van der Waals surface area contributed by atoms with E-state index in [2.05, 4.69) is 15.3 Å². The quantitative estimate of drug-likeness (QED) is 0.272. The molecule has 162 valence electrons. The summed E-state index contributed by atoms with van der Waals surface area (Å²) in [4.78, 5) is 0. The van der Waals surface area contributed by atoms with Gasteiger partial charge in [-0.15, -0.1) is 0 Å². The third-order valence-electron chi connectivity index (χ3n) is 4.55. The summed E-state index contributed by atoms with van der Waals surface area (Å²) in [6, 6.07) is 19.1. The molecule has 1 aromatic heterocycles. The molecular weight excluding hydrogens is 451 g/mol. The minimum absolute atomic E-state index is 0.217. The van der Waals surface area contributed by atoms with E-state index in [-0.39, 0.29) is 12.4 Å². The summed E-state index contributed by atoms with van der Waals surface area (Å²) in [5, 5.41) is 11.8. The molecule has 0 radical (unpaired) electrons. The molecule has 0 bridgehead atoms. The van der Waals surface area contributed by atoms with Gasteiger partial charge in [-0.05, 0) is 47.6 Å². The van der Waals surface area contributed by atoms with Crippen molar-refractivity contribution in [2.24, 2.45) is 5.10 Å². The van der Waals surface area contributed by atoms with Crippen LogP contribution in [-0.2, 0) is 6.61 Å². The normalized spacial score (nSPS) is 11.1. The first kappa shape index (κ1) is 21.7. The Balaban J connectivity index is 1.59. The summed E-state index contributed by atoms with van der Waals surface area (Å²) >= 11 is 11.8. The van der Waals surface area contributed by atoms with Gasteiger partial charge < -0.3 is 9.47 Å². The molecule has 1 heterocycles. The fourth-order valence-electron chi connectivity index (χ4n) is 2.99. The lowest BCUT2D eigenvalue weighted by Gasteiger charge is -2.13. The highest BCUT2D eigenvalue weighted by atomic mass is 35.5. The zero-order valence-corrected chi connectivity index (χ0v) is 18.5. The number of aromatic amines is 1. The Kier molecular flexibility index (Phi) is 6.63. The summed E-state index contributed by atoms with van der Waals surface area (Å²) in [7, 11) is 1.52. The molecule has 4 aromatic rings. The fourth-order valence-corrected chi connectivity index (χ4v) is 3.44. The molecule has 32 heavy (non-hydrogen) atoms. The number of benzene rings is 3. The van der Waals surface area contributed by atoms with E-state index < -0.39 is 0 Å². The lowest BCUT2D eigenvalue weighted by Crippen LogP contribution is -2.00. The Labute approximate surface area is 193 Å². The van der Waals surface area contributed by atoms with Gasteiger partial charge in [0.2, 0.25) is 4.77 Å². The van der Waals surface area contributed by atoms with Gasteiger partial charge in [0.15, 0.2) is 17.3 Å². The van der Waals surface area contributed by atoms with E-state index >= 15 is 0 Å². The summed E-state index contributed by atoms with van der Waals surface area (Å²) in [6.07, 6.45) is 1.61. The smallest absolute Gasteiger partial charge is 0.216 e. The Hall–Kier alpha value is -3.49. The molecular formula is C23H18ClFN4O2S. The fraction of sp³-hybridized carbons (Fsp3) is 0.0870. The van der Waals surface area contributed by atoms with Crippen molar-refractivity contribution in [2.75, 3.05) is 7.11 Å². The average Bonchev–Trinajstić information content (AvgIpc) is 3.18. The molecule has 9 heteroatoms. The predicted molar refractivity (Wildman–Crippen MR) is 125 cm³/mol. The van der Waals surface area contributed by atoms with E-state index in [1.165, 1.54) is 23.9 Å². The number of aromatic nitrogens is 3. The number of halogens is 2. The van der Waals surface area contributed by atoms with Gasteiger partial charge in [-0.25, -0.2) is 9.49 Å². The van der Waals surface area contributed by atoms with Crippen molar-refractivity contribution in [3.05, 3.63) is 93.5 Å². The second-order valence-electron chi connectivity index (χ2n) is 6.72. The van der Waals surface area contributed by atoms with E-state index in [9.17, 15) is 4.39 Å². The lowest BCUT2D eigenvalue weighted by atomic mass is 10.2. The van der Waals surface area contributed by atoms with E-state index in [0.717, 1.165) is 11.1 Å². The van der Waals surface area contributed by atoms with Crippen molar-refractivity contribution in [1.82, 2.24) is 14.9 Å². The molecule has 0 aliphatic carbocycles. The van der Waals surface area contributed by atoms with Crippen LogP contribution in [0.5, 0.6) is 11.5 Å². The van der Waals surface area contributed by atoms with Crippen molar-refractivity contribution in [2.45, 2.75) is 6.61 Å². The second-order valence-corrected chi connectivity index (χ2v) is 7.52. The van der Waals surface area contributed by atoms with Crippen LogP contribution in [0, 0.1) is 10.6 Å². The van der Waals surface area contributed by atoms with Gasteiger partial charge in [0.25, 0.3) is 0 Å². The van der Waals surface area contributed by atoms with E-state index in [1.807, 2.05) is 30.3 Å². The number of rotatable bonds is 7. The van der Waals surface area contributed by atoms with Gasteiger partial charge in [0.05, 0.1) is 18.3 Å². The zero-order chi connectivity index (χ0) is 22.5. The molecule has 3 aromatic carbocycles. The van der Waals surface area contributed by atoms with Gasteiger partial charge in [-0.1, -0.05) is 54.1 Å². The first-order valence-corrected chi connectivity index (χ1v) is 10.4. The average molecular weight is 469 g/mol. The Morgan fingerprint density at radius 2 is 1.91 bits per heavy atom. The van der Waals surface area contributed by atoms with Crippen LogP contribution >= 0.6 is 23.8 Å². The summed E-state index contributed by atoms with van der Waals surface area (Å²) < 4.78 is 26.3. The lowest BCUT2D eigenvalue weighted by molar-refractivity contribution is 0.284. The van der Waals surface area contributed by atoms with Crippen molar-refractivity contribution in [1.29, 1.82) is 0 Å². The van der Waals surface area contributed by atoms with E-state index in [0.29, 0.717) is 32.7 Å². The van der Waals surface area contributed by atoms with Crippen LogP contribution in [0.15, 0.2) is 71.8 Å². The predicted octanol–water partition coefficient (Wildman–Crippen LogP) is 5.87. The molecule has 6 nitrogen and oxygen atoms in total. The van der Waals surface area contributed by atoms with Crippen molar-refractivity contribution < 1.29 is 13.9 Å². The SMILES string of the molecule is COc1cc(/C=N\n2c(-c3ccccc3)n[nH]c2=S)cc(Cl)c1OCc1ccc(F)cc1. The molecule has 0 fully saturated rings. The largest absolute Gasteiger partial charge is 0.493 e. The third-order valence-corrected chi connectivity index (χ3v) is 5.10. The van der Waals surface area contributed by atoms with Gasteiger partial charge in [-0.2, -0.15) is 14.9 Å². The molecule has 0 atom stereocenters. The van der Waals surface area contributed by atoms with Gasteiger partial charge >= 0.3 is 0 Å². The van der Waals surface area contributed by atoms with Crippen LogP contribution in [0.3, 0.4) is 0 Å². The molecule has 0 saturated carbocycles. The number of methoxy groups -OCH3 is 1. The standard InChI is InChI=1S/C23H18ClFN4O2S/c1-30-20-12-16(11-19(24)21(20)31-14-15-7-9-18(25)10-8-15)13-26-29-22(27-28-23(29)32)17-5-3-2-4-6-17/h2-13H,14H2,1H3,(H,28,32)/b26-13-. The number of hydrogen-bond acceptors (Lipinski definition) is 5. The van der Waals surface area contributed by atoms with Gasteiger partial charge in [0.1, 0.15) is 12.4 Å². The zero-order valence-electron chi connectivity index (χ0n) is 17.0.